The number of nitrogens with zero attached hydrogens (tertiary/aromatic N) is 2. The maximum Gasteiger partial charge on any atom is 0.230 e. The number of hydrogen-bond acceptors (Lipinski definition) is 4. The average molecular weight is 257 g/mol. The Bertz CT molecular complexity index is 505. The van der Waals surface area contributed by atoms with Gasteiger partial charge in [-0.3, -0.25) is 0 Å². The summed E-state index contributed by atoms with van der Waals surface area (Å²) in [5, 5.41) is 11.5. The van der Waals surface area contributed by atoms with E-state index in [0.29, 0.717) is 18.5 Å². The van der Waals surface area contributed by atoms with Crippen molar-refractivity contribution in [3.05, 3.63) is 47.7 Å². The Morgan fingerprint density at radius 2 is 1.84 bits per heavy atom. The van der Waals surface area contributed by atoms with E-state index < -0.39 is 0 Å². The van der Waals surface area contributed by atoms with Crippen LogP contribution in [0, 0.1) is 0 Å². The smallest absolute Gasteiger partial charge is 0.230 e. The third-order valence-electron chi connectivity index (χ3n) is 3.33. The van der Waals surface area contributed by atoms with Gasteiger partial charge in [0.15, 0.2) is 0 Å². The van der Waals surface area contributed by atoms with Gasteiger partial charge in [-0.05, 0) is 31.2 Å². The fourth-order valence-electron chi connectivity index (χ4n) is 2.07. The molecule has 0 aliphatic heterocycles. The standard InChI is InChI=1S/C15H19N3O/c1-2-5-12(6-3-1)7-4-8-14-17-18-15(19-14)11-16-13-9-10-13/h1-3,5-6,13,16H,4,7-11H2. The molecule has 1 fully saturated rings. The van der Waals surface area contributed by atoms with Gasteiger partial charge in [-0.1, -0.05) is 30.3 Å². The molecule has 0 spiro atoms. The van der Waals surface area contributed by atoms with Crippen LogP contribution < -0.4 is 5.32 Å². The van der Waals surface area contributed by atoms with Gasteiger partial charge in [0.25, 0.3) is 0 Å². The second kappa shape index (κ2) is 5.97. The van der Waals surface area contributed by atoms with Crippen molar-refractivity contribution in [2.45, 2.75) is 44.7 Å². The minimum Gasteiger partial charge on any atom is -0.424 e. The Hall–Kier alpha value is -1.68. The summed E-state index contributed by atoms with van der Waals surface area (Å²) in [6, 6.07) is 11.2. The molecule has 1 aromatic heterocycles. The Morgan fingerprint density at radius 1 is 1.05 bits per heavy atom. The van der Waals surface area contributed by atoms with Crippen LogP contribution in [-0.2, 0) is 19.4 Å². The fourth-order valence-corrected chi connectivity index (χ4v) is 2.07. The lowest BCUT2D eigenvalue weighted by molar-refractivity contribution is 0.427. The molecule has 1 saturated carbocycles. The molecule has 4 heteroatoms. The summed E-state index contributed by atoms with van der Waals surface area (Å²) >= 11 is 0. The van der Waals surface area contributed by atoms with Crippen molar-refractivity contribution in [2.75, 3.05) is 0 Å². The van der Waals surface area contributed by atoms with Gasteiger partial charge in [0.2, 0.25) is 11.8 Å². The van der Waals surface area contributed by atoms with Crippen LogP contribution in [0.15, 0.2) is 34.7 Å². The molecular formula is C15H19N3O. The average Bonchev–Trinajstić information content (AvgIpc) is 3.17. The van der Waals surface area contributed by atoms with Crippen molar-refractivity contribution in [1.29, 1.82) is 0 Å². The van der Waals surface area contributed by atoms with Crippen molar-refractivity contribution in [2.24, 2.45) is 0 Å². The van der Waals surface area contributed by atoms with Gasteiger partial charge < -0.3 is 9.73 Å². The normalized spacial score (nSPS) is 14.7. The number of aryl methyl sites for hydroxylation is 2. The zero-order valence-corrected chi connectivity index (χ0v) is 11.0. The Labute approximate surface area is 113 Å². The van der Waals surface area contributed by atoms with Gasteiger partial charge in [-0.25, -0.2) is 0 Å². The number of aromatic nitrogens is 2. The second-order valence-corrected chi connectivity index (χ2v) is 5.08. The lowest BCUT2D eigenvalue weighted by Gasteiger charge is -1.98. The van der Waals surface area contributed by atoms with E-state index in [2.05, 4.69) is 39.8 Å². The van der Waals surface area contributed by atoms with Crippen molar-refractivity contribution in [3.63, 3.8) is 0 Å². The fraction of sp³-hybridized carbons (Fsp3) is 0.467. The quantitative estimate of drug-likeness (QED) is 0.828. The van der Waals surface area contributed by atoms with Gasteiger partial charge in [0.1, 0.15) is 0 Å². The highest BCUT2D eigenvalue weighted by molar-refractivity contribution is 5.14. The summed E-state index contributed by atoms with van der Waals surface area (Å²) in [7, 11) is 0. The molecule has 4 nitrogen and oxygen atoms in total. The first-order valence-electron chi connectivity index (χ1n) is 6.99. The van der Waals surface area contributed by atoms with Crippen LogP contribution in [0.2, 0.25) is 0 Å². The molecule has 1 aliphatic carbocycles. The van der Waals surface area contributed by atoms with E-state index in [4.69, 9.17) is 4.42 Å². The summed E-state index contributed by atoms with van der Waals surface area (Å²) in [6.07, 6.45) is 5.50. The van der Waals surface area contributed by atoms with E-state index in [1.807, 2.05) is 6.07 Å². The molecule has 0 saturated heterocycles. The molecule has 3 rings (SSSR count). The van der Waals surface area contributed by atoms with Crippen molar-refractivity contribution < 1.29 is 4.42 Å². The largest absolute Gasteiger partial charge is 0.424 e. The van der Waals surface area contributed by atoms with Crippen LogP contribution in [0.3, 0.4) is 0 Å². The predicted octanol–water partition coefficient (Wildman–Crippen LogP) is 2.50. The van der Waals surface area contributed by atoms with Crippen molar-refractivity contribution >= 4 is 0 Å². The van der Waals surface area contributed by atoms with Crippen LogP contribution in [-0.4, -0.2) is 16.2 Å². The molecule has 1 heterocycles. The van der Waals surface area contributed by atoms with E-state index in [-0.39, 0.29) is 0 Å². The Morgan fingerprint density at radius 3 is 2.63 bits per heavy atom. The van der Waals surface area contributed by atoms with Gasteiger partial charge in [0.05, 0.1) is 6.54 Å². The van der Waals surface area contributed by atoms with Crippen molar-refractivity contribution in [3.8, 4) is 0 Å². The van der Waals surface area contributed by atoms with Gasteiger partial charge in [0, 0.05) is 12.5 Å². The van der Waals surface area contributed by atoms with Crippen LogP contribution in [0.4, 0.5) is 0 Å². The topological polar surface area (TPSA) is 51.0 Å². The highest BCUT2D eigenvalue weighted by atomic mass is 16.4. The summed E-state index contributed by atoms with van der Waals surface area (Å²) in [5.41, 5.74) is 1.36. The SMILES string of the molecule is c1ccc(CCCc2nnc(CNC3CC3)o2)cc1. The third-order valence-corrected chi connectivity index (χ3v) is 3.33. The summed E-state index contributed by atoms with van der Waals surface area (Å²) in [5.74, 6) is 1.46. The van der Waals surface area contributed by atoms with Gasteiger partial charge >= 0.3 is 0 Å². The molecule has 1 aliphatic rings. The molecule has 19 heavy (non-hydrogen) atoms. The first-order chi connectivity index (χ1) is 9.40. The summed E-state index contributed by atoms with van der Waals surface area (Å²) in [6.45, 7) is 0.705. The highest BCUT2D eigenvalue weighted by Crippen LogP contribution is 2.19. The molecule has 0 unspecified atom stereocenters. The van der Waals surface area contributed by atoms with E-state index in [9.17, 15) is 0 Å². The lowest BCUT2D eigenvalue weighted by Crippen LogP contribution is -2.15. The van der Waals surface area contributed by atoms with Crippen LogP contribution >= 0.6 is 0 Å². The number of rotatable bonds is 7. The van der Waals surface area contributed by atoms with Crippen molar-refractivity contribution in [1.82, 2.24) is 15.5 Å². The van der Waals surface area contributed by atoms with Gasteiger partial charge in [-0.2, -0.15) is 0 Å². The zero-order valence-electron chi connectivity index (χ0n) is 11.0. The number of nitrogens with one attached hydrogen (secondary N) is 1. The molecule has 0 bridgehead atoms. The molecule has 0 atom stereocenters. The van der Waals surface area contributed by atoms with E-state index in [1.165, 1.54) is 18.4 Å². The number of hydrogen-bond donors (Lipinski definition) is 1. The summed E-state index contributed by atoms with van der Waals surface area (Å²) < 4.78 is 5.62. The maximum atomic E-state index is 5.62. The maximum absolute atomic E-state index is 5.62. The van der Waals surface area contributed by atoms with E-state index in [0.717, 1.165) is 25.2 Å². The van der Waals surface area contributed by atoms with Crippen LogP contribution in [0.1, 0.15) is 36.6 Å². The van der Waals surface area contributed by atoms with E-state index in [1.54, 1.807) is 0 Å². The molecule has 100 valence electrons. The van der Waals surface area contributed by atoms with Crippen LogP contribution in [0.5, 0.6) is 0 Å². The first kappa shape index (κ1) is 12.4. The Balaban J connectivity index is 1.42. The Kier molecular flexibility index (Phi) is 3.89. The summed E-state index contributed by atoms with van der Waals surface area (Å²) in [4.78, 5) is 0. The van der Waals surface area contributed by atoms with Crippen LogP contribution in [0.25, 0.3) is 0 Å². The second-order valence-electron chi connectivity index (χ2n) is 5.08. The molecule has 0 radical (unpaired) electrons. The first-order valence-corrected chi connectivity index (χ1v) is 6.99. The van der Waals surface area contributed by atoms with Gasteiger partial charge in [-0.15, -0.1) is 10.2 Å². The highest BCUT2D eigenvalue weighted by Gasteiger charge is 2.21. The number of benzene rings is 1. The lowest BCUT2D eigenvalue weighted by atomic mass is 10.1. The molecular weight excluding hydrogens is 238 g/mol. The minimum atomic E-state index is 0.674. The third kappa shape index (κ3) is 3.89. The minimum absolute atomic E-state index is 0.674. The molecule has 0 amide bonds. The zero-order chi connectivity index (χ0) is 12.9. The monoisotopic (exact) mass is 257 g/mol. The molecule has 1 N–H and O–H groups in total. The van der Waals surface area contributed by atoms with E-state index >= 15 is 0 Å². The molecule has 2 aromatic rings. The predicted molar refractivity (Wildman–Crippen MR) is 72.6 cm³/mol. The molecule has 1 aromatic carbocycles.